The zero-order valence-corrected chi connectivity index (χ0v) is 19.0. The summed E-state index contributed by atoms with van der Waals surface area (Å²) in [5.74, 6) is 0.212. The molecule has 7 rings (SSSR count). The molecule has 178 valence electrons. The second-order valence-corrected chi connectivity index (χ2v) is 9.67. The molecule has 2 amide bonds. The molecule has 3 aromatic rings. The SMILES string of the molecule is O=C(NCc1ccc2c(c1)OCO2)C1C2C(=O)N(CCc3c[nH]c4ccccc34)C[C@]23C=C[C@@H]1O3. The van der Waals surface area contributed by atoms with Gasteiger partial charge in [0.1, 0.15) is 5.60 Å². The van der Waals surface area contributed by atoms with Gasteiger partial charge < -0.3 is 29.4 Å². The van der Waals surface area contributed by atoms with Crippen molar-refractivity contribution < 1.29 is 23.8 Å². The van der Waals surface area contributed by atoms with Gasteiger partial charge in [0.2, 0.25) is 18.6 Å². The Bertz CT molecular complexity index is 1380. The van der Waals surface area contributed by atoms with Crippen molar-refractivity contribution in [1.82, 2.24) is 15.2 Å². The van der Waals surface area contributed by atoms with E-state index >= 15 is 0 Å². The summed E-state index contributed by atoms with van der Waals surface area (Å²) in [7, 11) is 0. The molecule has 4 aliphatic heterocycles. The third-order valence-electron chi connectivity index (χ3n) is 7.71. The van der Waals surface area contributed by atoms with Crippen LogP contribution in [-0.4, -0.2) is 53.3 Å². The fraction of sp³-hybridized carbons (Fsp3) is 0.333. The van der Waals surface area contributed by atoms with Crippen LogP contribution < -0.4 is 14.8 Å². The van der Waals surface area contributed by atoms with Crippen LogP contribution in [0, 0.1) is 11.8 Å². The van der Waals surface area contributed by atoms with Gasteiger partial charge in [-0.15, -0.1) is 0 Å². The van der Waals surface area contributed by atoms with Crippen LogP contribution in [0.25, 0.3) is 10.9 Å². The second kappa shape index (κ2) is 7.61. The van der Waals surface area contributed by atoms with E-state index in [1.54, 1.807) is 0 Å². The number of hydrogen-bond acceptors (Lipinski definition) is 5. The van der Waals surface area contributed by atoms with Gasteiger partial charge in [-0.3, -0.25) is 9.59 Å². The molecule has 0 radical (unpaired) electrons. The van der Waals surface area contributed by atoms with E-state index in [9.17, 15) is 9.59 Å². The average molecular weight is 472 g/mol. The van der Waals surface area contributed by atoms with Crippen molar-refractivity contribution in [1.29, 1.82) is 0 Å². The number of benzene rings is 2. The lowest BCUT2D eigenvalue weighted by atomic mass is 9.77. The highest BCUT2D eigenvalue weighted by atomic mass is 16.7. The van der Waals surface area contributed by atoms with E-state index in [0.717, 1.165) is 17.5 Å². The van der Waals surface area contributed by atoms with Crippen LogP contribution >= 0.6 is 0 Å². The number of aromatic nitrogens is 1. The van der Waals surface area contributed by atoms with Crippen LogP contribution in [0.15, 0.2) is 60.8 Å². The van der Waals surface area contributed by atoms with Gasteiger partial charge in [-0.05, 0) is 35.7 Å². The summed E-state index contributed by atoms with van der Waals surface area (Å²) in [6, 6.07) is 13.8. The molecular formula is C27H25N3O5. The number of H-pyrrole nitrogens is 1. The molecule has 8 nitrogen and oxygen atoms in total. The van der Waals surface area contributed by atoms with Crippen molar-refractivity contribution in [3.8, 4) is 11.5 Å². The highest BCUT2D eigenvalue weighted by Gasteiger charge is 2.66. The molecule has 35 heavy (non-hydrogen) atoms. The topological polar surface area (TPSA) is 92.9 Å². The molecular weight excluding hydrogens is 446 g/mol. The standard InChI is InChI=1S/C27H25N3O5/c31-25(29-12-16-5-6-20-22(11-16)34-15-33-20)23-21-7-9-27(35-21)14-30(26(32)24(23)27)10-8-17-13-28-19-4-2-1-3-18(17)19/h1-7,9,11,13,21,23-24,28H,8,10,12,14-15H2,(H,29,31)/t21-,23?,24?,27+/m0/s1. The molecule has 2 aromatic carbocycles. The molecule has 2 saturated heterocycles. The number of hydrogen-bond donors (Lipinski definition) is 2. The van der Waals surface area contributed by atoms with Crippen molar-refractivity contribution in [2.75, 3.05) is 19.9 Å². The van der Waals surface area contributed by atoms with Crippen LogP contribution in [0.3, 0.4) is 0 Å². The van der Waals surface area contributed by atoms with Gasteiger partial charge in [-0.25, -0.2) is 0 Å². The quantitative estimate of drug-likeness (QED) is 0.539. The van der Waals surface area contributed by atoms with E-state index in [-0.39, 0.29) is 24.7 Å². The summed E-state index contributed by atoms with van der Waals surface area (Å²) >= 11 is 0. The van der Waals surface area contributed by atoms with E-state index in [1.807, 2.05) is 59.6 Å². The lowest BCUT2D eigenvalue weighted by Crippen LogP contribution is -2.44. The normalized spacial score (nSPS) is 27.7. The van der Waals surface area contributed by atoms with Crippen molar-refractivity contribution in [3.63, 3.8) is 0 Å². The molecule has 8 heteroatoms. The number of amides is 2. The van der Waals surface area contributed by atoms with Gasteiger partial charge in [0.25, 0.3) is 0 Å². The zero-order chi connectivity index (χ0) is 23.6. The predicted molar refractivity (Wildman–Crippen MR) is 127 cm³/mol. The Morgan fingerprint density at radius 2 is 2.06 bits per heavy atom. The average Bonchev–Trinajstić information content (AvgIpc) is 3.68. The molecule has 4 aliphatic rings. The van der Waals surface area contributed by atoms with Gasteiger partial charge >= 0.3 is 0 Å². The summed E-state index contributed by atoms with van der Waals surface area (Å²) in [6.07, 6.45) is 6.33. The number of nitrogens with one attached hydrogen (secondary N) is 2. The third kappa shape index (κ3) is 3.16. The summed E-state index contributed by atoms with van der Waals surface area (Å²) in [6.45, 7) is 1.63. The fourth-order valence-electron chi connectivity index (χ4n) is 6.02. The molecule has 0 aliphatic carbocycles. The first kappa shape index (κ1) is 20.6. The predicted octanol–water partition coefficient (Wildman–Crippen LogP) is 2.54. The first-order chi connectivity index (χ1) is 17.1. The summed E-state index contributed by atoms with van der Waals surface area (Å²) in [5.41, 5.74) is 2.48. The molecule has 0 saturated carbocycles. The molecule has 1 spiro atoms. The van der Waals surface area contributed by atoms with Gasteiger partial charge in [0, 0.05) is 30.2 Å². The molecule has 4 atom stereocenters. The Balaban J connectivity index is 1.05. The number of para-hydroxylation sites is 1. The van der Waals surface area contributed by atoms with Crippen LogP contribution in [-0.2, 0) is 27.3 Å². The lowest BCUT2D eigenvalue weighted by molar-refractivity contribution is -0.137. The number of ether oxygens (including phenoxy) is 3. The number of rotatable bonds is 6. The summed E-state index contributed by atoms with van der Waals surface area (Å²) in [4.78, 5) is 31.9. The number of carbonyl (C=O) groups is 2. The van der Waals surface area contributed by atoms with Gasteiger partial charge in [0.15, 0.2) is 11.5 Å². The first-order valence-electron chi connectivity index (χ1n) is 12.0. The van der Waals surface area contributed by atoms with Gasteiger partial charge in [0.05, 0.1) is 24.5 Å². The van der Waals surface area contributed by atoms with Crippen molar-refractivity contribution in [2.45, 2.75) is 24.7 Å². The Morgan fingerprint density at radius 3 is 3.00 bits per heavy atom. The van der Waals surface area contributed by atoms with E-state index in [1.165, 1.54) is 10.9 Å². The Hall–Kier alpha value is -3.78. The fourth-order valence-corrected chi connectivity index (χ4v) is 6.02. The van der Waals surface area contributed by atoms with Gasteiger partial charge in [-0.1, -0.05) is 36.4 Å². The van der Waals surface area contributed by atoms with Crippen LogP contribution in [0.2, 0.25) is 0 Å². The number of likely N-dealkylation sites (tertiary alicyclic amines) is 1. The maximum atomic E-state index is 13.5. The second-order valence-electron chi connectivity index (χ2n) is 9.67. The third-order valence-corrected chi connectivity index (χ3v) is 7.71. The first-order valence-corrected chi connectivity index (χ1v) is 12.0. The maximum Gasteiger partial charge on any atom is 0.231 e. The van der Waals surface area contributed by atoms with E-state index in [2.05, 4.69) is 16.4 Å². The van der Waals surface area contributed by atoms with Crippen LogP contribution in [0.1, 0.15) is 11.1 Å². The minimum atomic E-state index is -0.706. The smallest absolute Gasteiger partial charge is 0.231 e. The Labute approximate surface area is 201 Å². The Morgan fingerprint density at radius 1 is 1.17 bits per heavy atom. The van der Waals surface area contributed by atoms with Crippen LogP contribution in [0.4, 0.5) is 0 Å². The van der Waals surface area contributed by atoms with E-state index in [4.69, 9.17) is 14.2 Å². The minimum Gasteiger partial charge on any atom is -0.454 e. The summed E-state index contributed by atoms with van der Waals surface area (Å²) < 4.78 is 17.0. The van der Waals surface area contributed by atoms with Crippen molar-refractivity contribution >= 4 is 22.7 Å². The number of nitrogens with zero attached hydrogens (tertiary/aromatic N) is 1. The van der Waals surface area contributed by atoms with Crippen molar-refractivity contribution in [3.05, 3.63) is 71.9 Å². The number of fused-ring (bicyclic) bond motifs is 3. The summed E-state index contributed by atoms with van der Waals surface area (Å²) in [5, 5.41) is 4.19. The number of carbonyl (C=O) groups excluding carboxylic acids is 2. The molecule has 2 bridgehead atoms. The lowest BCUT2D eigenvalue weighted by Gasteiger charge is -2.23. The Kier molecular flexibility index (Phi) is 4.48. The molecule has 2 unspecified atom stereocenters. The van der Waals surface area contributed by atoms with Gasteiger partial charge in [-0.2, -0.15) is 0 Å². The molecule has 5 heterocycles. The maximum absolute atomic E-state index is 13.5. The van der Waals surface area contributed by atoms with E-state index in [0.29, 0.717) is 31.1 Å². The van der Waals surface area contributed by atoms with Crippen LogP contribution in [0.5, 0.6) is 11.5 Å². The molecule has 2 fully saturated rings. The monoisotopic (exact) mass is 471 g/mol. The highest BCUT2D eigenvalue weighted by molar-refractivity contribution is 5.93. The number of aromatic amines is 1. The minimum absolute atomic E-state index is 0.0000733. The van der Waals surface area contributed by atoms with E-state index < -0.39 is 17.4 Å². The van der Waals surface area contributed by atoms with Crippen molar-refractivity contribution in [2.24, 2.45) is 11.8 Å². The largest absolute Gasteiger partial charge is 0.454 e. The molecule has 1 aromatic heterocycles. The highest BCUT2D eigenvalue weighted by Crippen LogP contribution is 2.52. The molecule has 2 N–H and O–H groups in total. The zero-order valence-electron chi connectivity index (χ0n) is 19.0.